The molecule has 4 nitrogen and oxygen atoms in total. The maximum absolute atomic E-state index is 9.92. The number of amides is 1. The number of carboxylic acid groups (broad SMARTS) is 1. The molecule has 66 valence electrons. The van der Waals surface area contributed by atoms with Gasteiger partial charge in [-0.2, -0.15) is 0 Å². The molecule has 0 unspecified atom stereocenters. The van der Waals surface area contributed by atoms with E-state index in [1.54, 1.807) is 10.8 Å². The highest BCUT2D eigenvalue weighted by molar-refractivity contribution is 8.76. The number of rotatable bonds is 6. The third-order valence-corrected chi connectivity index (χ3v) is 3.11. The van der Waals surface area contributed by atoms with Crippen molar-refractivity contribution in [2.75, 3.05) is 24.7 Å². The quantitative estimate of drug-likeness (QED) is 0.430. The van der Waals surface area contributed by atoms with E-state index in [0.29, 0.717) is 12.3 Å². The lowest BCUT2D eigenvalue weighted by atomic mass is 10.7. The van der Waals surface area contributed by atoms with Gasteiger partial charge in [-0.05, 0) is 0 Å². The van der Waals surface area contributed by atoms with Crippen molar-refractivity contribution in [3.8, 4) is 0 Å². The standard InChI is InChI=1S/C5H11NO3S2/c7-2-4-11-10-3-1-6-5(8)9/h6-7H,1-4H2,(H,8,9). The molecule has 0 radical (unpaired) electrons. The fraction of sp³-hybridized carbons (Fsp3) is 0.800. The van der Waals surface area contributed by atoms with Crippen LogP contribution < -0.4 is 5.32 Å². The Hall–Kier alpha value is -0.0700. The average Bonchev–Trinajstić information content (AvgIpc) is 1.96. The summed E-state index contributed by atoms with van der Waals surface area (Å²) in [5, 5.41) is 18.8. The van der Waals surface area contributed by atoms with Gasteiger partial charge in [-0.25, -0.2) is 4.79 Å². The molecule has 0 saturated carbocycles. The summed E-state index contributed by atoms with van der Waals surface area (Å²) in [6, 6.07) is 0. The molecule has 0 aromatic carbocycles. The Bertz CT molecular complexity index is 112. The molecule has 0 aromatic rings. The van der Waals surface area contributed by atoms with Gasteiger partial charge in [0.15, 0.2) is 0 Å². The molecule has 0 bridgehead atoms. The topological polar surface area (TPSA) is 69.6 Å². The fourth-order valence-corrected chi connectivity index (χ4v) is 2.03. The van der Waals surface area contributed by atoms with Gasteiger partial charge >= 0.3 is 6.09 Å². The first-order valence-corrected chi connectivity index (χ1v) is 5.58. The SMILES string of the molecule is O=C(O)NCCSSCCO. The molecule has 0 atom stereocenters. The summed E-state index contributed by atoms with van der Waals surface area (Å²) >= 11 is 0. The summed E-state index contributed by atoms with van der Waals surface area (Å²) in [7, 11) is 3.09. The molecule has 0 rings (SSSR count). The van der Waals surface area contributed by atoms with Crippen molar-refractivity contribution in [2.24, 2.45) is 0 Å². The molecule has 3 N–H and O–H groups in total. The van der Waals surface area contributed by atoms with E-state index in [9.17, 15) is 4.79 Å². The Balaban J connectivity index is 2.85. The van der Waals surface area contributed by atoms with Gasteiger partial charge in [-0.15, -0.1) is 0 Å². The highest BCUT2D eigenvalue weighted by Crippen LogP contribution is 2.18. The Kier molecular flexibility index (Phi) is 7.98. The van der Waals surface area contributed by atoms with Crippen molar-refractivity contribution < 1.29 is 15.0 Å². The largest absolute Gasteiger partial charge is 0.465 e. The normalized spacial score (nSPS) is 9.55. The molecular weight excluding hydrogens is 186 g/mol. The van der Waals surface area contributed by atoms with Crippen LogP contribution in [-0.2, 0) is 0 Å². The fourth-order valence-electron chi connectivity index (χ4n) is 0.355. The molecular formula is C5H11NO3S2. The smallest absolute Gasteiger partial charge is 0.404 e. The number of hydrogen-bond acceptors (Lipinski definition) is 4. The summed E-state index contributed by atoms with van der Waals surface area (Å²) in [5.74, 6) is 1.43. The molecule has 0 heterocycles. The van der Waals surface area contributed by atoms with Crippen molar-refractivity contribution in [3.05, 3.63) is 0 Å². The zero-order chi connectivity index (χ0) is 8.53. The number of carbonyl (C=O) groups is 1. The third kappa shape index (κ3) is 9.93. The molecule has 0 aliphatic rings. The van der Waals surface area contributed by atoms with E-state index in [4.69, 9.17) is 10.2 Å². The van der Waals surface area contributed by atoms with Gasteiger partial charge in [-0.1, -0.05) is 21.6 Å². The second-order valence-corrected chi connectivity index (χ2v) is 4.30. The molecule has 6 heteroatoms. The van der Waals surface area contributed by atoms with Gasteiger partial charge in [0, 0.05) is 18.1 Å². The second kappa shape index (κ2) is 8.03. The monoisotopic (exact) mass is 197 g/mol. The zero-order valence-electron chi connectivity index (χ0n) is 5.95. The van der Waals surface area contributed by atoms with Crippen molar-refractivity contribution in [2.45, 2.75) is 0 Å². The molecule has 0 aliphatic carbocycles. The Morgan fingerprint density at radius 2 is 2.00 bits per heavy atom. The summed E-state index contributed by atoms with van der Waals surface area (Å²) in [6.07, 6.45) is -0.988. The molecule has 0 aromatic heterocycles. The minimum atomic E-state index is -0.988. The van der Waals surface area contributed by atoms with Crippen molar-refractivity contribution >= 4 is 27.7 Å². The maximum atomic E-state index is 9.92. The first-order valence-electron chi connectivity index (χ1n) is 3.09. The van der Waals surface area contributed by atoms with Gasteiger partial charge in [0.05, 0.1) is 6.61 Å². The minimum Gasteiger partial charge on any atom is -0.465 e. The summed E-state index contributed by atoms with van der Waals surface area (Å²) < 4.78 is 0. The molecule has 0 saturated heterocycles. The summed E-state index contributed by atoms with van der Waals surface area (Å²) in [6.45, 7) is 0.627. The first kappa shape index (κ1) is 10.9. The molecule has 11 heavy (non-hydrogen) atoms. The predicted molar refractivity (Wildman–Crippen MR) is 48.0 cm³/mol. The van der Waals surface area contributed by atoms with E-state index >= 15 is 0 Å². The zero-order valence-corrected chi connectivity index (χ0v) is 7.58. The molecule has 0 aliphatic heterocycles. The van der Waals surface area contributed by atoms with Crippen LogP contribution in [0.25, 0.3) is 0 Å². The van der Waals surface area contributed by atoms with E-state index < -0.39 is 6.09 Å². The lowest BCUT2D eigenvalue weighted by Gasteiger charge is -1.98. The number of aliphatic hydroxyl groups excluding tert-OH is 1. The molecule has 0 fully saturated rings. The van der Waals surface area contributed by atoms with E-state index in [1.807, 2.05) is 0 Å². The predicted octanol–water partition coefficient (Wildman–Crippen LogP) is 0.628. The van der Waals surface area contributed by atoms with E-state index in [-0.39, 0.29) is 6.61 Å². The Morgan fingerprint density at radius 3 is 2.55 bits per heavy atom. The van der Waals surface area contributed by atoms with Gasteiger partial charge in [0.25, 0.3) is 0 Å². The van der Waals surface area contributed by atoms with Crippen LogP contribution in [0.5, 0.6) is 0 Å². The number of hydrogen-bond donors (Lipinski definition) is 3. The van der Waals surface area contributed by atoms with Crippen LogP contribution in [0.1, 0.15) is 0 Å². The van der Waals surface area contributed by atoms with Crippen LogP contribution in [0.15, 0.2) is 0 Å². The summed E-state index contributed by atoms with van der Waals surface area (Å²) in [4.78, 5) is 9.92. The van der Waals surface area contributed by atoms with Gasteiger partial charge in [0.1, 0.15) is 0 Å². The second-order valence-electron chi connectivity index (χ2n) is 1.60. The van der Waals surface area contributed by atoms with Crippen LogP contribution in [0.4, 0.5) is 4.79 Å². The molecule has 0 spiro atoms. The highest BCUT2D eigenvalue weighted by Gasteiger charge is 1.93. The van der Waals surface area contributed by atoms with E-state index in [0.717, 1.165) is 5.75 Å². The first-order chi connectivity index (χ1) is 5.27. The van der Waals surface area contributed by atoms with Crippen LogP contribution in [0.2, 0.25) is 0 Å². The maximum Gasteiger partial charge on any atom is 0.404 e. The van der Waals surface area contributed by atoms with Gasteiger partial charge in [0.2, 0.25) is 0 Å². The van der Waals surface area contributed by atoms with Crippen molar-refractivity contribution in [1.82, 2.24) is 5.32 Å². The van der Waals surface area contributed by atoms with Gasteiger partial charge in [-0.3, -0.25) is 0 Å². The Morgan fingerprint density at radius 1 is 1.36 bits per heavy atom. The van der Waals surface area contributed by atoms with Crippen molar-refractivity contribution in [3.63, 3.8) is 0 Å². The van der Waals surface area contributed by atoms with Crippen LogP contribution >= 0.6 is 21.6 Å². The minimum absolute atomic E-state index is 0.171. The number of aliphatic hydroxyl groups is 1. The molecule has 1 amide bonds. The van der Waals surface area contributed by atoms with E-state index in [2.05, 4.69) is 5.32 Å². The third-order valence-electron chi connectivity index (χ3n) is 0.720. The van der Waals surface area contributed by atoms with E-state index in [1.165, 1.54) is 10.8 Å². The van der Waals surface area contributed by atoms with Crippen LogP contribution in [0.3, 0.4) is 0 Å². The lowest BCUT2D eigenvalue weighted by molar-refractivity contribution is 0.195. The van der Waals surface area contributed by atoms with Gasteiger partial charge < -0.3 is 15.5 Å². The van der Waals surface area contributed by atoms with Crippen LogP contribution in [0, 0.1) is 0 Å². The average molecular weight is 197 g/mol. The number of nitrogens with one attached hydrogen (secondary N) is 1. The van der Waals surface area contributed by atoms with Crippen molar-refractivity contribution in [1.29, 1.82) is 0 Å². The summed E-state index contributed by atoms with van der Waals surface area (Å²) in [5.41, 5.74) is 0. The lowest BCUT2D eigenvalue weighted by Crippen LogP contribution is -2.23. The Labute approximate surface area is 73.1 Å². The van der Waals surface area contributed by atoms with Crippen LogP contribution in [-0.4, -0.2) is 41.0 Å². The highest BCUT2D eigenvalue weighted by atomic mass is 33.1.